The van der Waals surface area contributed by atoms with E-state index in [-0.39, 0.29) is 11.9 Å². The summed E-state index contributed by atoms with van der Waals surface area (Å²) in [5, 5.41) is 6.07. The normalized spacial score (nSPS) is 24.4. The van der Waals surface area contributed by atoms with Crippen LogP contribution in [0, 0.1) is 5.92 Å². The lowest BCUT2D eigenvalue weighted by Gasteiger charge is -2.27. The highest BCUT2D eigenvalue weighted by molar-refractivity contribution is 9.10. The van der Waals surface area contributed by atoms with Crippen molar-refractivity contribution in [1.82, 2.24) is 10.3 Å². The van der Waals surface area contributed by atoms with Gasteiger partial charge in [0.2, 0.25) is 5.91 Å². The van der Waals surface area contributed by atoms with Gasteiger partial charge in [-0.15, -0.1) is 0 Å². The zero-order valence-electron chi connectivity index (χ0n) is 9.74. The van der Waals surface area contributed by atoms with Gasteiger partial charge in [0.25, 0.3) is 0 Å². The Labute approximate surface area is 109 Å². The molecule has 0 aliphatic carbocycles. The minimum absolute atomic E-state index is 0.00375. The van der Waals surface area contributed by atoms with Gasteiger partial charge in [-0.25, -0.2) is 4.98 Å². The van der Waals surface area contributed by atoms with Gasteiger partial charge in [0.05, 0.1) is 10.5 Å². The molecule has 2 unspecified atom stereocenters. The molecule has 2 N–H and O–H groups in total. The van der Waals surface area contributed by atoms with Crippen LogP contribution in [0.25, 0.3) is 0 Å². The van der Waals surface area contributed by atoms with Gasteiger partial charge in [-0.05, 0) is 53.4 Å². The number of rotatable bonds is 2. The second-order valence-electron chi connectivity index (χ2n) is 4.46. The fourth-order valence-corrected chi connectivity index (χ4v) is 2.34. The van der Waals surface area contributed by atoms with Crippen molar-refractivity contribution in [2.24, 2.45) is 5.92 Å². The van der Waals surface area contributed by atoms with Gasteiger partial charge in [0.1, 0.15) is 5.82 Å². The lowest BCUT2D eigenvalue weighted by Crippen LogP contribution is -2.45. The fraction of sp³-hybridized carbons (Fsp3) is 0.500. The smallest absolute Gasteiger partial charge is 0.242 e. The number of carbonyl (C=O) groups is 1. The third-order valence-corrected chi connectivity index (χ3v) is 3.62. The summed E-state index contributed by atoms with van der Waals surface area (Å²) in [6.07, 6.45) is 3.69. The molecule has 4 nitrogen and oxygen atoms in total. The number of amides is 1. The molecule has 1 aliphatic rings. The third kappa shape index (κ3) is 3.26. The second kappa shape index (κ2) is 5.60. The number of halogens is 1. The Morgan fingerprint density at radius 1 is 1.65 bits per heavy atom. The fourth-order valence-electron chi connectivity index (χ4n) is 1.99. The summed E-state index contributed by atoms with van der Waals surface area (Å²) in [5.41, 5.74) is 0. The molecule has 0 aromatic carbocycles. The van der Waals surface area contributed by atoms with E-state index in [4.69, 9.17) is 0 Å². The van der Waals surface area contributed by atoms with Crippen LogP contribution in [0.2, 0.25) is 0 Å². The third-order valence-electron chi connectivity index (χ3n) is 2.98. The number of piperidine rings is 1. The molecule has 92 valence electrons. The Morgan fingerprint density at radius 2 is 2.47 bits per heavy atom. The van der Waals surface area contributed by atoms with Gasteiger partial charge >= 0.3 is 0 Å². The first-order valence-electron chi connectivity index (χ1n) is 5.81. The largest absolute Gasteiger partial charge is 0.308 e. The topological polar surface area (TPSA) is 54.0 Å². The van der Waals surface area contributed by atoms with Crippen LogP contribution in [0.1, 0.15) is 19.8 Å². The molecule has 0 radical (unpaired) electrons. The van der Waals surface area contributed by atoms with Gasteiger partial charge in [-0.3, -0.25) is 4.79 Å². The molecule has 0 bridgehead atoms. The van der Waals surface area contributed by atoms with Crippen molar-refractivity contribution in [3.05, 3.63) is 22.8 Å². The Kier molecular flexibility index (Phi) is 4.12. The van der Waals surface area contributed by atoms with E-state index in [1.807, 2.05) is 12.1 Å². The summed E-state index contributed by atoms with van der Waals surface area (Å²) in [6.45, 7) is 3.08. The van der Waals surface area contributed by atoms with Crippen LogP contribution >= 0.6 is 15.9 Å². The number of anilines is 1. The lowest BCUT2D eigenvalue weighted by molar-refractivity contribution is -0.119. The molecule has 1 aliphatic heterocycles. The van der Waals surface area contributed by atoms with Crippen molar-refractivity contribution < 1.29 is 4.79 Å². The number of aromatic nitrogens is 1. The molecule has 0 saturated carbocycles. The Hall–Kier alpha value is -0.940. The molecule has 0 spiro atoms. The van der Waals surface area contributed by atoms with E-state index in [9.17, 15) is 4.79 Å². The van der Waals surface area contributed by atoms with E-state index in [2.05, 4.69) is 38.5 Å². The van der Waals surface area contributed by atoms with Crippen LogP contribution in [0.5, 0.6) is 0 Å². The number of carbonyl (C=O) groups excluding carboxylic acids is 1. The van der Waals surface area contributed by atoms with Crippen LogP contribution in [0.15, 0.2) is 22.8 Å². The molecule has 1 aromatic rings. The minimum Gasteiger partial charge on any atom is -0.308 e. The number of pyridine rings is 1. The summed E-state index contributed by atoms with van der Waals surface area (Å²) >= 11 is 3.36. The quantitative estimate of drug-likeness (QED) is 0.880. The summed E-state index contributed by atoms with van der Waals surface area (Å²) in [7, 11) is 0. The van der Waals surface area contributed by atoms with Crippen LogP contribution in [-0.2, 0) is 4.79 Å². The standard InChI is InChI=1S/C12H16BrN3O/c1-8-4-6-14-10(7-8)12(17)16-11-9(13)3-2-5-15-11/h2-3,5,8,10,14H,4,6-7H2,1H3,(H,15,16,17). The van der Waals surface area contributed by atoms with Crippen molar-refractivity contribution in [2.75, 3.05) is 11.9 Å². The van der Waals surface area contributed by atoms with E-state index in [0.717, 1.165) is 23.9 Å². The van der Waals surface area contributed by atoms with E-state index >= 15 is 0 Å². The van der Waals surface area contributed by atoms with E-state index in [0.29, 0.717) is 11.7 Å². The lowest BCUT2D eigenvalue weighted by atomic mass is 9.94. The number of hydrogen-bond donors (Lipinski definition) is 2. The Morgan fingerprint density at radius 3 is 3.18 bits per heavy atom. The van der Waals surface area contributed by atoms with Gasteiger partial charge in [-0.2, -0.15) is 0 Å². The Bertz CT molecular complexity index is 410. The average Bonchev–Trinajstić information content (AvgIpc) is 2.32. The molecule has 17 heavy (non-hydrogen) atoms. The maximum Gasteiger partial charge on any atom is 0.242 e. The van der Waals surface area contributed by atoms with E-state index in [1.165, 1.54) is 0 Å². The number of hydrogen-bond acceptors (Lipinski definition) is 3. The van der Waals surface area contributed by atoms with Crippen molar-refractivity contribution in [2.45, 2.75) is 25.8 Å². The molecular formula is C12H16BrN3O. The highest BCUT2D eigenvalue weighted by Crippen LogP contribution is 2.20. The maximum absolute atomic E-state index is 12.0. The summed E-state index contributed by atoms with van der Waals surface area (Å²) < 4.78 is 0.803. The molecular weight excluding hydrogens is 282 g/mol. The van der Waals surface area contributed by atoms with Gasteiger partial charge in [-0.1, -0.05) is 6.92 Å². The van der Waals surface area contributed by atoms with Crippen molar-refractivity contribution in [3.63, 3.8) is 0 Å². The highest BCUT2D eigenvalue weighted by atomic mass is 79.9. The molecule has 5 heteroatoms. The first kappa shape index (κ1) is 12.5. The predicted octanol–water partition coefficient (Wildman–Crippen LogP) is 2.17. The van der Waals surface area contributed by atoms with Crippen molar-refractivity contribution >= 4 is 27.7 Å². The minimum atomic E-state index is -0.104. The molecule has 2 rings (SSSR count). The van der Waals surface area contributed by atoms with Gasteiger partial charge in [0, 0.05) is 6.20 Å². The number of nitrogens with one attached hydrogen (secondary N) is 2. The molecule has 1 fully saturated rings. The molecule has 2 atom stereocenters. The summed E-state index contributed by atoms with van der Waals surface area (Å²) in [6, 6.07) is 3.58. The van der Waals surface area contributed by atoms with Crippen LogP contribution in [-0.4, -0.2) is 23.5 Å². The van der Waals surface area contributed by atoms with Crippen LogP contribution in [0.3, 0.4) is 0 Å². The first-order valence-corrected chi connectivity index (χ1v) is 6.61. The van der Waals surface area contributed by atoms with E-state index in [1.54, 1.807) is 6.20 Å². The van der Waals surface area contributed by atoms with Gasteiger partial charge in [0.15, 0.2) is 0 Å². The van der Waals surface area contributed by atoms with Crippen LogP contribution < -0.4 is 10.6 Å². The van der Waals surface area contributed by atoms with Crippen molar-refractivity contribution in [1.29, 1.82) is 0 Å². The summed E-state index contributed by atoms with van der Waals surface area (Å²) in [4.78, 5) is 16.2. The van der Waals surface area contributed by atoms with E-state index < -0.39 is 0 Å². The average molecular weight is 298 g/mol. The van der Waals surface area contributed by atoms with Crippen molar-refractivity contribution in [3.8, 4) is 0 Å². The molecule has 2 heterocycles. The predicted molar refractivity (Wildman–Crippen MR) is 70.8 cm³/mol. The second-order valence-corrected chi connectivity index (χ2v) is 5.31. The molecule has 1 aromatic heterocycles. The monoisotopic (exact) mass is 297 g/mol. The zero-order valence-corrected chi connectivity index (χ0v) is 11.3. The Balaban J connectivity index is 1.99. The zero-order chi connectivity index (χ0) is 12.3. The SMILES string of the molecule is CC1CCNC(C(=O)Nc2ncccc2Br)C1. The first-order chi connectivity index (χ1) is 8.16. The highest BCUT2D eigenvalue weighted by Gasteiger charge is 2.24. The van der Waals surface area contributed by atoms with Crippen LogP contribution in [0.4, 0.5) is 5.82 Å². The molecule has 1 saturated heterocycles. The molecule has 1 amide bonds. The maximum atomic E-state index is 12.0. The number of nitrogens with zero attached hydrogens (tertiary/aromatic N) is 1. The van der Waals surface area contributed by atoms with Gasteiger partial charge < -0.3 is 10.6 Å². The summed E-state index contributed by atoms with van der Waals surface area (Å²) in [5.74, 6) is 1.17.